The highest BCUT2D eigenvalue weighted by Crippen LogP contribution is 2.57. The Labute approximate surface area is 208 Å². The number of amides is 1. The average Bonchev–Trinajstić information content (AvgIpc) is 3.05. The number of hydrogen-bond acceptors (Lipinski definition) is 6. The van der Waals surface area contributed by atoms with Gasteiger partial charge in [0, 0.05) is 39.7 Å². The Hall–Kier alpha value is -3.58. The zero-order valence-corrected chi connectivity index (χ0v) is 20.7. The van der Waals surface area contributed by atoms with Crippen LogP contribution in [0.4, 0.5) is 11.4 Å². The third-order valence-electron chi connectivity index (χ3n) is 7.03. The van der Waals surface area contributed by atoms with E-state index in [0.717, 1.165) is 5.56 Å². The lowest BCUT2D eigenvalue weighted by Crippen LogP contribution is -2.54. The molecule has 2 aromatic rings. The number of carbonyl (C=O) groups excluding carboxylic acids is 3. The van der Waals surface area contributed by atoms with Crippen LogP contribution in [0.15, 0.2) is 65.1 Å². The van der Waals surface area contributed by atoms with Gasteiger partial charge in [-0.3, -0.25) is 14.5 Å². The number of anilines is 2. The number of fused-ring (bicyclic) bond motifs is 3. The summed E-state index contributed by atoms with van der Waals surface area (Å²) in [5, 5.41) is 3.22. The van der Waals surface area contributed by atoms with Crippen LogP contribution in [0.3, 0.4) is 0 Å². The molecule has 5 rings (SSSR count). The van der Waals surface area contributed by atoms with Crippen molar-refractivity contribution in [3.05, 3.63) is 81.3 Å². The van der Waals surface area contributed by atoms with Crippen LogP contribution in [0.25, 0.3) is 0 Å². The number of halogens is 1. The van der Waals surface area contributed by atoms with Crippen molar-refractivity contribution in [1.82, 2.24) is 0 Å². The summed E-state index contributed by atoms with van der Waals surface area (Å²) in [6.45, 7) is 5.98. The van der Waals surface area contributed by atoms with Gasteiger partial charge in [-0.05, 0) is 49.1 Å². The molecule has 2 heterocycles. The third kappa shape index (κ3) is 3.22. The van der Waals surface area contributed by atoms with Crippen LogP contribution in [0.5, 0.6) is 0 Å². The van der Waals surface area contributed by atoms with E-state index >= 15 is 0 Å². The fourth-order valence-corrected chi connectivity index (χ4v) is 5.77. The number of nitrogens with one attached hydrogen (secondary N) is 1. The van der Waals surface area contributed by atoms with E-state index in [4.69, 9.17) is 22.1 Å². The average molecular weight is 492 g/mol. The summed E-state index contributed by atoms with van der Waals surface area (Å²) in [7, 11) is 1.23. The van der Waals surface area contributed by atoms with Crippen molar-refractivity contribution in [2.45, 2.75) is 39.0 Å². The molecule has 1 amide bonds. The first-order valence-corrected chi connectivity index (χ1v) is 11.7. The number of nitrogens with two attached hydrogens (primary N) is 1. The quantitative estimate of drug-likeness (QED) is 0.606. The van der Waals surface area contributed by atoms with Gasteiger partial charge in [0.1, 0.15) is 16.8 Å². The number of esters is 1. The molecule has 0 saturated heterocycles. The number of allylic oxidation sites excluding steroid dienone is 1. The zero-order chi connectivity index (χ0) is 25.3. The molecular formula is C27H26ClN3O4. The van der Waals surface area contributed by atoms with Crippen molar-refractivity contribution in [2.75, 3.05) is 17.3 Å². The molecule has 1 atom stereocenters. The van der Waals surface area contributed by atoms with Crippen LogP contribution in [0, 0.1) is 12.3 Å². The van der Waals surface area contributed by atoms with Gasteiger partial charge in [-0.15, -0.1) is 0 Å². The Kier molecular flexibility index (Phi) is 5.11. The summed E-state index contributed by atoms with van der Waals surface area (Å²) < 4.78 is 5.15. The van der Waals surface area contributed by atoms with Gasteiger partial charge in [0.15, 0.2) is 5.78 Å². The summed E-state index contributed by atoms with van der Waals surface area (Å²) in [6.07, 6.45) is 0.689. The van der Waals surface area contributed by atoms with Crippen LogP contribution in [-0.2, 0) is 24.5 Å². The number of benzene rings is 2. The molecule has 0 bridgehead atoms. The fraction of sp³-hybridized carbons (Fsp3) is 0.296. The van der Waals surface area contributed by atoms with E-state index in [1.54, 1.807) is 23.1 Å². The topological polar surface area (TPSA) is 102 Å². The van der Waals surface area contributed by atoms with E-state index in [-0.39, 0.29) is 34.6 Å². The molecule has 2 aromatic carbocycles. The largest absolute Gasteiger partial charge is 0.466 e. The number of nitrogens with zero attached hydrogens (tertiary/aromatic N) is 1. The first-order chi connectivity index (χ1) is 16.5. The number of rotatable bonds is 2. The van der Waals surface area contributed by atoms with E-state index in [2.05, 4.69) is 5.32 Å². The standard InChI is InChI=1S/C27H26ClN3O4/c1-14-5-8-16(9-6-14)31-19-12-26(2,3)13-20(32)21(19)27(22(23(31)29)24(33)35-4)17-11-15(28)7-10-18(17)30-25(27)34/h5-11H,12-13,29H2,1-4H3,(H,30,34). The van der Waals surface area contributed by atoms with Crippen LogP contribution in [0.1, 0.15) is 37.8 Å². The second-order valence-electron chi connectivity index (χ2n) is 10.1. The number of ether oxygens (including phenoxy) is 1. The summed E-state index contributed by atoms with van der Waals surface area (Å²) in [4.78, 5) is 42.9. The second kappa shape index (κ2) is 7.71. The van der Waals surface area contributed by atoms with Gasteiger partial charge in [-0.25, -0.2) is 4.79 Å². The molecule has 0 fully saturated rings. The molecule has 8 heteroatoms. The Morgan fingerprint density at radius 2 is 1.80 bits per heavy atom. The number of ketones is 1. The van der Waals surface area contributed by atoms with Crippen molar-refractivity contribution in [3.63, 3.8) is 0 Å². The van der Waals surface area contributed by atoms with Crippen molar-refractivity contribution < 1.29 is 19.1 Å². The monoisotopic (exact) mass is 491 g/mol. The lowest BCUT2D eigenvalue weighted by atomic mass is 9.60. The van der Waals surface area contributed by atoms with Gasteiger partial charge in [0.2, 0.25) is 5.91 Å². The Bertz CT molecular complexity index is 1370. The minimum atomic E-state index is -1.76. The number of aryl methyl sites for hydroxylation is 1. The maximum Gasteiger partial charge on any atom is 0.339 e. The SMILES string of the molecule is COC(=O)C1=C(N)N(c2ccc(C)cc2)C2=C(C(=O)CC(C)(C)C2)C12C(=O)Nc1ccc(Cl)cc12. The van der Waals surface area contributed by atoms with Gasteiger partial charge in [-0.2, -0.15) is 0 Å². The number of hydrogen-bond donors (Lipinski definition) is 2. The Morgan fingerprint density at radius 3 is 2.46 bits per heavy atom. The second-order valence-corrected chi connectivity index (χ2v) is 10.5. The zero-order valence-electron chi connectivity index (χ0n) is 20.0. The van der Waals surface area contributed by atoms with Gasteiger partial charge in [0.05, 0.1) is 7.11 Å². The summed E-state index contributed by atoms with van der Waals surface area (Å²) in [6, 6.07) is 12.5. The maximum atomic E-state index is 13.9. The molecule has 3 aliphatic rings. The molecule has 180 valence electrons. The van der Waals surface area contributed by atoms with Crippen molar-refractivity contribution in [1.29, 1.82) is 0 Å². The Balaban J connectivity index is 1.93. The number of Topliss-reactive ketones (excluding diaryl/α,β-unsaturated/α-hetero) is 1. The summed E-state index contributed by atoms with van der Waals surface area (Å²) >= 11 is 6.35. The van der Waals surface area contributed by atoms with E-state index in [9.17, 15) is 14.4 Å². The number of methoxy groups -OCH3 is 1. The smallest absolute Gasteiger partial charge is 0.339 e. The highest BCUT2D eigenvalue weighted by molar-refractivity contribution is 6.31. The van der Waals surface area contributed by atoms with Crippen LogP contribution in [0.2, 0.25) is 5.02 Å². The lowest BCUT2D eigenvalue weighted by Gasteiger charge is -2.47. The van der Waals surface area contributed by atoms with Crippen molar-refractivity contribution in [3.8, 4) is 0 Å². The van der Waals surface area contributed by atoms with Crippen molar-refractivity contribution in [2.24, 2.45) is 11.1 Å². The molecule has 7 nitrogen and oxygen atoms in total. The normalized spacial score (nSPS) is 22.8. The van der Waals surface area contributed by atoms with E-state index in [0.29, 0.717) is 34.1 Å². The highest BCUT2D eigenvalue weighted by Gasteiger charge is 2.63. The minimum absolute atomic E-state index is 0.0490. The molecule has 1 aliphatic carbocycles. The van der Waals surface area contributed by atoms with Crippen LogP contribution < -0.4 is 16.0 Å². The van der Waals surface area contributed by atoms with Crippen LogP contribution >= 0.6 is 11.6 Å². The van der Waals surface area contributed by atoms with Gasteiger partial charge in [0.25, 0.3) is 0 Å². The van der Waals surface area contributed by atoms with E-state index in [1.807, 2.05) is 45.0 Å². The molecule has 35 heavy (non-hydrogen) atoms. The molecule has 1 unspecified atom stereocenters. The van der Waals surface area contributed by atoms with E-state index in [1.165, 1.54) is 7.11 Å². The molecule has 1 spiro atoms. The molecule has 0 saturated carbocycles. The molecule has 0 radical (unpaired) electrons. The van der Waals surface area contributed by atoms with Gasteiger partial charge in [-0.1, -0.05) is 43.1 Å². The maximum absolute atomic E-state index is 13.9. The summed E-state index contributed by atoms with van der Waals surface area (Å²) in [5.74, 6) is -1.48. The molecule has 0 aromatic heterocycles. The fourth-order valence-electron chi connectivity index (χ4n) is 5.60. The van der Waals surface area contributed by atoms with Gasteiger partial charge >= 0.3 is 5.97 Å². The highest BCUT2D eigenvalue weighted by atomic mass is 35.5. The predicted octanol–water partition coefficient (Wildman–Crippen LogP) is 4.35. The summed E-state index contributed by atoms with van der Waals surface area (Å²) in [5.41, 5.74) is 8.00. The van der Waals surface area contributed by atoms with Crippen LogP contribution in [-0.4, -0.2) is 24.8 Å². The third-order valence-corrected chi connectivity index (χ3v) is 7.26. The molecule has 2 aliphatic heterocycles. The number of carbonyl (C=O) groups is 3. The minimum Gasteiger partial charge on any atom is -0.466 e. The first kappa shape index (κ1) is 23.2. The molecular weight excluding hydrogens is 466 g/mol. The Morgan fingerprint density at radius 1 is 1.11 bits per heavy atom. The lowest BCUT2D eigenvalue weighted by molar-refractivity contribution is -0.138. The van der Waals surface area contributed by atoms with Gasteiger partial charge < -0.3 is 15.8 Å². The first-order valence-electron chi connectivity index (χ1n) is 11.3. The van der Waals surface area contributed by atoms with Crippen molar-refractivity contribution >= 4 is 40.6 Å². The predicted molar refractivity (Wildman–Crippen MR) is 134 cm³/mol. The molecule has 3 N–H and O–H groups in total. The van der Waals surface area contributed by atoms with E-state index < -0.39 is 17.3 Å².